The van der Waals surface area contributed by atoms with Gasteiger partial charge in [-0.1, -0.05) is 46.1 Å². The number of rotatable bonds is 2. The summed E-state index contributed by atoms with van der Waals surface area (Å²) in [5, 5.41) is 0. The Morgan fingerprint density at radius 1 is 1.12 bits per heavy atom. The second kappa shape index (κ2) is 7.78. The zero-order chi connectivity index (χ0) is 19.8. The van der Waals surface area contributed by atoms with Crippen LogP contribution in [-0.4, -0.2) is 17.5 Å². The molecule has 2 saturated carbocycles. The fourth-order valence-corrected chi connectivity index (χ4v) is 6.10. The molecule has 2 heteroatoms. The van der Waals surface area contributed by atoms with Gasteiger partial charge >= 0.3 is 0 Å². The fourth-order valence-electron chi connectivity index (χ4n) is 6.10. The van der Waals surface area contributed by atoms with E-state index in [2.05, 4.69) is 48.1 Å². The standard InChI is InChI=1S/C12H22O.C12H20O/c1-9-6-5-7-12(4)8-11(2,3)13-10(9)12;1-9(2)8-12(4)7-5-6-10(3)11(12)13/h9-10H,5-8H2,1-4H3;10H,1,5-8H2,2-4H3. The van der Waals surface area contributed by atoms with Gasteiger partial charge in [-0.05, 0) is 70.6 Å². The SMILES string of the molecule is C=C(C)CC1(C)CCCC(C)C1=O.CC1CCCC2(C)CC(C)(C)OC12. The van der Waals surface area contributed by atoms with Gasteiger partial charge in [0.1, 0.15) is 5.78 Å². The summed E-state index contributed by atoms with van der Waals surface area (Å²) in [6.45, 7) is 19.3. The Bertz CT molecular complexity index is 534. The second-order valence-electron chi connectivity index (χ2n) is 10.9. The van der Waals surface area contributed by atoms with Gasteiger partial charge in [0.25, 0.3) is 0 Å². The molecule has 150 valence electrons. The van der Waals surface area contributed by atoms with Crippen molar-refractivity contribution in [2.45, 2.75) is 112 Å². The van der Waals surface area contributed by atoms with Crippen molar-refractivity contribution in [1.82, 2.24) is 0 Å². The molecule has 0 aromatic rings. The van der Waals surface area contributed by atoms with Crippen LogP contribution in [0.1, 0.15) is 99.8 Å². The first-order valence-electron chi connectivity index (χ1n) is 10.8. The molecule has 0 amide bonds. The lowest BCUT2D eigenvalue weighted by atomic mass is 9.67. The summed E-state index contributed by atoms with van der Waals surface area (Å²) >= 11 is 0. The lowest BCUT2D eigenvalue weighted by Gasteiger charge is -2.38. The van der Waals surface area contributed by atoms with Gasteiger partial charge in [-0.3, -0.25) is 4.79 Å². The summed E-state index contributed by atoms with van der Waals surface area (Å²) in [4.78, 5) is 11.9. The number of carbonyl (C=O) groups is 1. The first kappa shape index (κ1) is 21.7. The molecule has 2 nitrogen and oxygen atoms in total. The van der Waals surface area contributed by atoms with Crippen molar-refractivity contribution in [1.29, 1.82) is 0 Å². The maximum absolute atomic E-state index is 11.9. The van der Waals surface area contributed by atoms with Crippen LogP contribution in [0.4, 0.5) is 0 Å². The van der Waals surface area contributed by atoms with Crippen LogP contribution in [-0.2, 0) is 9.53 Å². The highest BCUT2D eigenvalue weighted by Gasteiger charge is 2.51. The molecule has 1 aliphatic heterocycles. The van der Waals surface area contributed by atoms with E-state index in [9.17, 15) is 4.79 Å². The molecule has 1 saturated heterocycles. The van der Waals surface area contributed by atoms with E-state index in [1.165, 1.54) is 32.1 Å². The molecule has 0 spiro atoms. The van der Waals surface area contributed by atoms with Gasteiger partial charge in [-0.2, -0.15) is 0 Å². The molecule has 3 rings (SSSR count). The Balaban J connectivity index is 0.000000187. The van der Waals surface area contributed by atoms with Crippen LogP contribution in [0.3, 0.4) is 0 Å². The fraction of sp³-hybridized carbons (Fsp3) is 0.875. The Hall–Kier alpha value is -0.630. The van der Waals surface area contributed by atoms with Crippen molar-refractivity contribution in [3.63, 3.8) is 0 Å². The van der Waals surface area contributed by atoms with Crippen LogP contribution < -0.4 is 0 Å². The minimum absolute atomic E-state index is 0.108. The predicted molar refractivity (Wildman–Crippen MR) is 110 cm³/mol. The number of carbonyl (C=O) groups excluding carboxylic acids is 1. The first-order chi connectivity index (χ1) is 11.9. The highest BCUT2D eigenvalue weighted by Crippen LogP contribution is 2.53. The molecule has 5 unspecified atom stereocenters. The molecule has 5 atom stereocenters. The van der Waals surface area contributed by atoms with E-state index in [4.69, 9.17) is 4.74 Å². The summed E-state index contributed by atoms with van der Waals surface area (Å²) < 4.78 is 6.17. The number of fused-ring (bicyclic) bond motifs is 1. The van der Waals surface area contributed by atoms with Crippen LogP contribution in [0, 0.1) is 22.7 Å². The maximum atomic E-state index is 11.9. The summed E-state index contributed by atoms with van der Waals surface area (Å²) in [6, 6.07) is 0. The molecule has 0 N–H and O–H groups in total. The topological polar surface area (TPSA) is 26.3 Å². The monoisotopic (exact) mass is 362 g/mol. The maximum Gasteiger partial charge on any atom is 0.141 e. The van der Waals surface area contributed by atoms with Gasteiger partial charge in [0.05, 0.1) is 11.7 Å². The van der Waals surface area contributed by atoms with Crippen molar-refractivity contribution < 1.29 is 9.53 Å². The first-order valence-corrected chi connectivity index (χ1v) is 10.8. The highest BCUT2D eigenvalue weighted by molar-refractivity contribution is 5.87. The van der Waals surface area contributed by atoms with Crippen LogP contribution in [0.5, 0.6) is 0 Å². The van der Waals surface area contributed by atoms with Crippen molar-refractivity contribution in [3.8, 4) is 0 Å². The lowest BCUT2D eigenvalue weighted by molar-refractivity contribution is -0.134. The molecular formula is C24H42O2. The molecule has 0 aromatic heterocycles. The number of ketones is 1. The van der Waals surface area contributed by atoms with E-state index >= 15 is 0 Å². The normalized spacial score (nSPS) is 41.8. The quantitative estimate of drug-likeness (QED) is 0.509. The summed E-state index contributed by atoms with van der Waals surface area (Å²) in [5.74, 6) is 1.47. The Kier molecular flexibility index (Phi) is 6.48. The third kappa shape index (κ3) is 4.80. The molecule has 3 aliphatic rings. The van der Waals surface area contributed by atoms with E-state index in [0.717, 1.165) is 30.8 Å². The third-order valence-corrected chi connectivity index (χ3v) is 6.99. The van der Waals surface area contributed by atoms with Gasteiger partial charge in [-0.25, -0.2) is 0 Å². The third-order valence-electron chi connectivity index (χ3n) is 6.99. The number of allylic oxidation sites excluding steroid dienone is 1. The largest absolute Gasteiger partial charge is 0.371 e. The molecular weight excluding hydrogens is 320 g/mol. The van der Waals surface area contributed by atoms with E-state index in [1.807, 2.05) is 6.92 Å². The van der Waals surface area contributed by atoms with E-state index in [-0.39, 0.29) is 16.9 Å². The van der Waals surface area contributed by atoms with Crippen LogP contribution in [0.15, 0.2) is 12.2 Å². The van der Waals surface area contributed by atoms with Crippen LogP contribution in [0.25, 0.3) is 0 Å². The zero-order valence-electron chi connectivity index (χ0n) is 18.4. The lowest BCUT2D eigenvalue weighted by Crippen LogP contribution is -2.37. The van der Waals surface area contributed by atoms with E-state index in [0.29, 0.717) is 17.3 Å². The molecule has 0 radical (unpaired) electrons. The number of hydrogen-bond acceptors (Lipinski definition) is 2. The Morgan fingerprint density at radius 3 is 2.31 bits per heavy atom. The molecule has 3 fully saturated rings. The van der Waals surface area contributed by atoms with Crippen molar-refractivity contribution in [2.75, 3.05) is 0 Å². The average molecular weight is 363 g/mol. The molecule has 0 aromatic carbocycles. The average Bonchev–Trinajstić information content (AvgIpc) is 2.75. The summed E-state index contributed by atoms with van der Waals surface area (Å²) in [5.41, 5.74) is 1.62. The zero-order valence-corrected chi connectivity index (χ0v) is 18.4. The van der Waals surface area contributed by atoms with E-state index < -0.39 is 0 Å². The number of hydrogen-bond donors (Lipinski definition) is 0. The number of Topliss-reactive ketones (excluding diaryl/α,β-unsaturated/α-hetero) is 1. The summed E-state index contributed by atoms with van der Waals surface area (Å²) in [6.07, 6.45) is 10.1. The van der Waals surface area contributed by atoms with E-state index in [1.54, 1.807) is 0 Å². The Morgan fingerprint density at radius 2 is 1.73 bits per heavy atom. The molecule has 0 bridgehead atoms. The van der Waals surface area contributed by atoms with Gasteiger partial charge in [0.15, 0.2) is 0 Å². The van der Waals surface area contributed by atoms with Crippen LogP contribution >= 0.6 is 0 Å². The van der Waals surface area contributed by atoms with Gasteiger partial charge in [-0.15, -0.1) is 6.58 Å². The minimum atomic E-state index is -0.108. The smallest absolute Gasteiger partial charge is 0.141 e. The minimum Gasteiger partial charge on any atom is -0.371 e. The predicted octanol–water partition coefficient (Wildman–Crippen LogP) is 6.73. The molecule has 26 heavy (non-hydrogen) atoms. The second-order valence-corrected chi connectivity index (χ2v) is 10.9. The van der Waals surface area contributed by atoms with Gasteiger partial charge in [0.2, 0.25) is 0 Å². The molecule has 1 heterocycles. The van der Waals surface area contributed by atoms with Crippen molar-refractivity contribution in [2.24, 2.45) is 22.7 Å². The summed E-state index contributed by atoms with van der Waals surface area (Å²) in [7, 11) is 0. The number of ether oxygens (including phenoxy) is 1. The van der Waals surface area contributed by atoms with Gasteiger partial charge < -0.3 is 4.74 Å². The molecule has 2 aliphatic carbocycles. The Labute approximate surface area is 162 Å². The highest BCUT2D eigenvalue weighted by atomic mass is 16.5. The van der Waals surface area contributed by atoms with Crippen molar-refractivity contribution in [3.05, 3.63) is 12.2 Å². The van der Waals surface area contributed by atoms with Crippen LogP contribution in [0.2, 0.25) is 0 Å². The van der Waals surface area contributed by atoms with Crippen molar-refractivity contribution >= 4 is 5.78 Å². The van der Waals surface area contributed by atoms with Gasteiger partial charge in [0, 0.05) is 11.3 Å².